The van der Waals surface area contributed by atoms with E-state index < -0.39 is 0 Å². The highest BCUT2D eigenvalue weighted by Crippen LogP contribution is 2.39. The van der Waals surface area contributed by atoms with Gasteiger partial charge in [0.2, 0.25) is 5.91 Å². The van der Waals surface area contributed by atoms with Crippen LogP contribution in [0.3, 0.4) is 0 Å². The minimum Gasteiger partial charge on any atom is -0.385 e. The minimum absolute atomic E-state index is 0.212. The number of nitrogens with zero attached hydrogens (tertiary/aromatic N) is 4. The summed E-state index contributed by atoms with van der Waals surface area (Å²) in [5.74, 6) is 1.78. The molecule has 0 N–H and O–H groups in total. The molecule has 1 saturated heterocycles. The maximum atomic E-state index is 12.6. The highest BCUT2D eigenvalue weighted by atomic mass is 16.5. The molecule has 3 heterocycles. The Morgan fingerprint density at radius 2 is 2.19 bits per heavy atom. The van der Waals surface area contributed by atoms with Crippen molar-refractivity contribution in [1.82, 2.24) is 20.0 Å². The third kappa shape index (κ3) is 3.60. The Kier molecular flexibility index (Phi) is 5.20. The van der Waals surface area contributed by atoms with Crippen LogP contribution in [0.1, 0.15) is 44.3 Å². The molecule has 2 aromatic heterocycles. The van der Waals surface area contributed by atoms with Crippen molar-refractivity contribution in [3.05, 3.63) is 30.4 Å². The third-order valence-electron chi connectivity index (χ3n) is 6.08. The fourth-order valence-electron chi connectivity index (χ4n) is 4.00. The second-order valence-corrected chi connectivity index (χ2v) is 7.64. The van der Waals surface area contributed by atoms with Gasteiger partial charge in [-0.1, -0.05) is 11.6 Å². The van der Waals surface area contributed by atoms with E-state index in [9.17, 15) is 4.79 Å². The number of likely N-dealkylation sites (tertiary alicyclic amines) is 1. The summed E-state index contributed by atoms with van der Waals surface area (Å²) in [7, 11) is 1.71. The Labute approximate surface area is 159 Å². The van der Waals surface area contributed by atoms with Crippen molar-refractivity contribution in [3.63, 3.8) is 0 Å². The highest BCUT2D eigenvalue weighted by Gasteiger charge is 2.42. The van der Waals surface area contributed by atoms with Gasteiger partial charge < -0.3 is 14.2 Å². The van der Waals surface area contributed by atoms with Crippen molar-refractivity contribution in [2.24, 2.45) is 5.92 Å². The van der Waals surface area contributed by atoms with Crippen LogP contribution in [0.4, 0.5) is 0 Å². The molecule has 0 aromatic carbocycles. The normalized spacial score (nSPS) is 19.7. The molecule has 2 fully saturated rings. The second kappa shape index (κ2) is 7.76. The van der Waals surface area contributed by atoms with E-state index in [2.05, 4.69) is 15.1 Å². The molecular weight excluding hydrogens is 344 g/mol. The first-order chi connectivity index (χ1) is 13.2. The SMILES string of the molecule is COCCC1(c2noc(-c3cccnc3)n2)CCN(C(=O)C2CCC2)CC1. The van der Waals surface area contributed by atoms with Crippen LogP contribution >= 0.6 is 0 Å². The second-order valence-electron chi connectivity index (χ2n) is 7.64. The van der Waals surface area contributed by atoms with Crippen molar-refractivity contribution < 1.29 is 14.1 Å². The number of amides is 1. The van der Waals surface area contributed by atoms with E-state index in [1.165, 1.54) is 6.42 Å². The number of carbonyl (C=O) groups is 1. The molecule has 1 aliphatic heterocycles. The molecule has 0 unspecified atom stereocenters. The van der Waals surface area contributed by atoms with Crippen LogP contribution in [0.15, 0.2) is 29.0 Å². The van der Waals surface area contributed by atoms with Crippen LogP contribution in [-0.2, 0) is 14.9 Å². The predicted molar refractivity (Wildman–Crippen MR) is 98.9 cm³/mol. The lowest BCUT2D eigenvalue weighted by atomic mass is 9.74. The van der Waals surface area contributed by atoms with E-state index in [0.717, 1.165) is 50.8 Å². The van der Waals surface area contributed by atoms with Crippen LogP contribution < -0.4 is 0 Å². The summed E-state index contributed by atoms with van der Waals surface area (Å²) in [5, 5.41) is 4.30. The monoisotopic (exact) mass is 370 g/mol. The molecule has 1 amide bonds. The molecular formula is C20H26N4O3. The first-order valence-electron chi connectivity index (χ1n) is 9.74. The Hall–Kier alpha value is -2.28. The quantitative estimate of drug-likeness (QED) is 0.778. The van der Waals surface area contributed by atoms with Gasteiger partial charge in [-0.3, -0.25) is 9.78 Å². The van der Waals surface area contributed by atoms with Gasteiger partial charge in [0.25, 0.3) is 5.89 Å². The first kappa shape index (κ1) is 18.1. The molecule has 0 bridgehead atoms. The van der Waals surface area contributed by atoms with Crippen LogP contribution in [-0.4, -0.2) is 52.7 Å². The lowest BCUT2D eigenvalue weighted by molar-refractivity contribution is -0.140. The number of carbonyl (C=O) groups excluding carboxylic acids is 1. The number of pyridine rings is 1. The van der Waals surface area contributed by atoms with Crippen LogP contribution in [0.2, 0.25) is 0 Å². The summed E-state index contributed by atoms with van der Waals surface area (Å²) in [6.07, 6.45) is 9.20. The first-order valence-corrected chi connectivity index (χ1v) is 9.74. The van der Waals surface area contributed by atoms with Crippen molar-refractivity contribution in [3.8, 4) is 11.5 Å². The summed E-state index contributed by atoms with van der Waals surface area (Å²) in [6, 6.07) is 3.76. The largest absolute Gasteiger partial charge is 0.385 e. The van der Waals surface area contributed by atoms with Crippen molar-refractivity contribution in [2.45, 2.75) is 43.9 Å². The summed E-state index contributed by atoms with van der Waals surface area (Å²) in [5.41, 5.74) is 0.604. The molecule has 7 heteroatoms. The number of rotatable bonds is 6. The van der Waals surface area contributed by atoms with Crippen molar-refractivity contribution >= 4 is 5.91 Å². The van der Waals surface area contributed by atoms with E-state index in [4.69, 9.17) is 9.26 Å². The molecule has 144 valence electrons. The van der Waals surface area contributed by atoms with E-state index in [0.29, 0.717) is 24.2 Å². The van der Waals surface area contributed by atoms with E-state index >= 15 is 0 Å². The predicted octanol–water partition coefficient (Wildman–Crippen LogP) is 2.83. The average molecular weight is 370 g/mol. The number of aromatic nitrogens is 3. The van der Waals surface area contributed by atoms with E-state index in [1.807, 2.05) is 17.0 Å². The zero-order valence-corrected chi connectivity index (χ0v) is 15.8. The zero-order chi connectivity index (χ0) is 18.7. The van der Waals surface area contributed by atoms with Gasteiger partial charge in [-0.25, -0.2) is 0 Å². The summed E-state index contributed by atoms with van der Waals surface area (Å²) >= 11 is 0. The summed E-state index contributed by atoms with van der Waals surface area (Å²) in [4.78, 5) is 23.4. The lowest BCUT2D eigenvalue weighted by Crippen LogP contribution is -2.48. The fraction of sp³-hybridized carbons (Fsp3) is 0.600. The highest BCUT2D eigenvalue weighted by molar-refractivity contribution is 5.79. The Balaban J connectivity index is 1.51. The standard InChI is InChI=1S/C20H26N4O3/c1-26-13-9-20(7-11-24(12-8-20)18(25)15-4-2-5-15)19-22-17(27-23-19)16-6-3-10-21-14-16/h3,6,10,14-15H,2,4-5,7-9,11-13H2,1H3. The van der Waals surface area contributed by atoms with E-state index in [1.54, 1.807) is 19.5 Å². The number of piperidine rings is 1. The lowest BCUT2D eigenvalue weighted by Gasteiger charge is -2.41. The van der Waals surface area contributed by atoms with Gasteiger partial charge in [-0.05, 0) is 44.2 Å². The van der Waals surface area contributed by atoms with Crippen molar-refractivity contribution in [2.75, 3.05) is 26.8 Å². The summed E-state index contributed by atoms with van der Waals surface area (Å²) < 4.78 is 10.9. The van der Waals surface area contributed by atoms with Crippen LogP contribution in [0.25, 0.3) is 11.5 Å². The number of methoxy groups -OCH3 is 1. The smallest absolute Gasteiger partial charge is 0.259 e. The van der Waals surface area contributed by atoms with Crippen LogP contribution in [0, 0.1) is 5.92 Å². The third-order valence-corrected chi connectivity index (χ3v) is 6.08. The average Bonchev–Trinajstić information content (AvgIpc) is 3.17. The molecule has 2 aromatic rings. The van der Waals surface area contributed by atoms with Gasteiger partial charge in [-0.2, -0.15) is 4.98 Å². The Bertz CT molecular complexity index is 765. The van der Waals surface area contributed by atoms with Gasteiger partial charge in [0.15, 0.2) is 5.82 Å². The Morgan fingerprint density at radius 3 is 2.81 bits per heavy atom. The molecule has 2 aliphatic rings. The van der Waals surface area contributed by atoms with Gasteiger partial charge in [-0.15, -0.1) is 0 Å². The number of hydrogen-bond acceptors (Lipinski definition) is 6. The molecule has 0 atom stereocenters. The van der Waals surface area contributed by atoms with Gasteiger partial charge in [0.1, 0.15) is 0 Å². The zero-order valence-electron chi connectivity index (χ0n) is 15.8. The fourth-order valence-corrected chi connectivity index (χ4v) is 4.00. The molecule has 1 saturated carbocycles. The molecule has 4 rings (SSSR count). The minimum atomic E-state index is -0.212. The molecule has 0 radical (unpaired) electrons. The van der Waals surface area contributed by atoms with Crippen LogP contribution in [0.5, 0.6) is 0 Å². The topological polar surface area (TPSA) is 81.3 Å². The van der Waals surface area contributed by atoms with Gasteiger partial charge >= 0.3 is 0 Å². The molecule has 0 spiro atoms. The van der Waals surface area contributed by atoms with E-state index in [-0.39, 0.29) is 11.3 Å². The number of hydrogen-bond donors (Lipinski definition) is 0. The maximum Gasteiger partial charge on any atom is 0.259 e. The Morgan fingerprint density at radius 1 is 1.37 bits per heavy atom. The molecule has 7 nitrogen and oxygen atoms in total. The summed E-state index contributed by atoms with van der Waals surface area (Å²) in [6.45, 7) is 2.12. The molecule has 27 heavy (non-hydrogen) atoms. The maximum absolute atomic E-state index is 12.6. The van der Waals surface area contributed by atoms with Gasteiger partial charge in [0, 0.05) is 50.5 Å². The number of ether oxygens (including phenoxy) is 1. The molecule has 1 aliphatic carbocycles. The van der Waals surface area contributed by atoms with Crippen molar-refractivity contribution in [1.29, 1.82) is 0 Å². The van der Waals surface area contributed by atoms with Gasteiger partial charge in [0.05, 0.1) is 5.56 Å².